The van der Waals surface area contributed by atoms with Gasteiger partial charge in [-0.1, -0.05) is 36.3 Å². The van der Waals surface area contributed by atoms with Gasteiger partial charge in [0.05, 0.1) is 5.56 Å². The molecular weight excluding hydrogens is 212 g/mol. The Balaban J connectivity index is 2.24. The zero-order chi connectivity index (χ0) is 12.1. The highest BCUT2D eigenvalue weighted by molar-refractivity contribution is 6.10. The smallest absolute Gasteiger partial charge is 0.239 e. The molecule has 2 nitrogen and oxygen atoms in total. The van der Waals surface area contributed by atoms with Gasteiger partial charge in [0.2, 0.25) is 5.78 Å². The number of aromatic hydroxyl groups is 1. The van der Waals surface area contributed by atoms with Crippen molar-refractivity contribution >= 4 is 5.78 Å². The van der Waals surface area contributed by atoms with Crippen LogP contribution in [0.3, 0.4) is 0 Å². The van der Waals surface area contributed by atoms with Crippen LogP contribution in [-0.2, 0) is 0 Å². The van der Waals surface area contributed by atoms with Gasteiger partial charge in [0.1, 0.15) is 5.75 Å². The third-order valence-electron chi connectivity index (χ3n) is 2.24. The maximum Gasteiger partial charge on any atom is 0.239 e. The fourth-order valence-electron chi connectivity index (χ4n) is 1.38. The number of rotatable bonds is 1. The molecule has 0 radical (unpaired) electrons. The minimum atomic E-state index is -0.382. The number of phenols is 1. The molecule has 0 aliphatic carbocycles. The Hall–Kier alpha value is -2.53. The maximum atomic E-state index is 11.7. The van der Waals surface area contributed by atoms with Crippen molar-refractivity contribution in [1.82, 2.24) is 0 Å². The van der Waals surface area contributed by atoms with E-state index in [-0.39, 0.29) is 17.1 Å². The summed E-state index contributed by atoms with van der Waals surface area (Å²) in [6.07, 6.45) is 0. The monoisotopic (exact) mass is 222 g/mol. The number of phenolic OH excluding ortho intramolecular Hbond substituents is 1. The summed E-state index contributed by atoms with van der Waals surface area (Å²) in [5.74, 6) is 4.84. The van der Waals surface area contributed by atoms with Gasteiger partial charge in [-0.15, -0.1) is 0 Å². The van der Waals surface area contributed by atoms with E-state index in [0.29, 0.717) is 0 Å². The Labute approximate surface area is 99.5 Å². The topological polar surface area (TPSA) is 37.3 Å². The predicted octanol–water partition coefficient (Wildman–Crippen LogP) is 2.63. The molecule has 2 aromatic carbocycles. The van der Waals surface area contributed by atoms with Crippen LogP contribution < -0.4 is 0 Å². The zero-order valence-electron chi connectivity index (χ0n) is 9.05. The van der Waals surface area contributed by atoms with E-state index in [1.807, 2.05) is 30.3 Å². The van der Waals surface area contributed by atoms with Crippen LogP contribution in [0.15, 0.2) is 54.6 Å². The Morgan fingerprint density at radius 1 is 0.941 bits per heavy atom. The number of para-hydroxylation sites is 1. The first-order valence-corrected chi connectivity index (χ1v) is 5.17. The molecule has 0 atom stereocenters. The van der Waals surface area contributed by atoms with Crippen molar-refractivity contribution < 1.29 is 9.90 Å². The SMILES string of the molecule is O=C(C#Cc1ccccc1)c1ccccc1O. The molecule has 2 rings (SSSR count). The van der Waals surface area contributed by atoms with Crippen LogP contribution in [0.25, 0.3) is 0 Å². The number of ketones is 1. The largest absolute Gasteiger partial charge is 0.507 e. The van der Waals surface area contributed by atoms with E-state index >= 15 is 0 Å². The average Bonchev–Trinajstić information content (AvgIpc) is 2.38. The minimum absolute atomic E-state index is 0.0418. The quantitative estimate of drug-likeness (QED) is 0.595. The summed E-state index contributed by atoms with van der Waals surface area (Å²) < 4.78 is 0. The molecule has 0 amide bonds. The van der Waals surface area contributed by atoms with Gasteiger partial charge in [-0.2, -0.15) is 0 Å². The summed E-state index contributed by atoms with van der Waals surface area (Å²) in [6.45, 7) is 0. The molecule has 0 saturated heterocycles. The molecule has 0 unspecified atom stereocenters. The van der Waals surface area contributed by atoms with E-state index < -0.39 is 0 Å². The van der Waals surface area contributed by atoms with E-state index in [9.17, 15) is 9.90 Å². The van der Waals surface area contributed by atoms with E-state index in [2.05, 4.69) is 11.8 Å². The van der Waals surface area contributed by atoms with Crippen molar-refractivity contribution in [2.75, 3.05) is 0 Å². The second kappa shape index (κ2) is 5.00. The third-order valence-corrected chi connectivity index (χ3v) is 2.24. The first-order chi connectivity index (χ1) is 8.27. The van der Waals surface area contributed by atoms with Gasteiger partial charge in [-0.25, -0.2) is 0 Å². The first kappa shape index (κ1) is 11.0. The van der Waals surface area contributed by atoms with Crippen molar-refractivity contribution in [2.45, 2.75) is 0 Å². The number of Topliss-reactive ketones (excluding diaryl/α,β-unsaturated/α-hetero) is 1. The van der Waals surface area contributed by atoms with E-state index in [1.165, 1.54) is 6.07 Å². The lowest BCUT2D eigenvalue weighted by Crippen LogP contribution is -1.95. The summed E-state index contributed by atoms with van der Waals surface area (Å²) in [5.41, 5.74) is 1.01. The summed E-state index contributed by atoms with van der Waals surface area (Å²) in [4.78, 5) is 11.7. The van der Waals surface area contributed by atoms with Gasteiger partial charge < -0.3 is 5.11 Å². The van der Waals surface area contributed by atoms with Crippen molar-refractivity contribution in [3.63, 3.8) is 0 Å². The lowest BCUT2D eigenvalue weighted by molar-refractivity contribution is 0.105. The Morgan fingerprint density at radius 3 is 2.29 bits per heavy atom. The summed E-state index contributed by atoms with van der Waals surface area (Å²) >= 11 is 0. The average molecular weight is 222 g/mol. The lowest BCUT2D eigenvalue weighted by atomic mass is 10.1. The number of hydrogen-bond acceptors (Lipinski definition) is 2. The molecule has 2 aromatic rings. The van der Waals surface area contributed by atoms with E-state index in [4.69, 9.17) is 0 Å². The van der Waals surface area contributed by atoms with Crippen LogP contribution in [-0.4, -0.2) is 10.9 Å². The van der Waals surface area contributed by atoms with Crippen molar-refractivity contribution in [2.24, 2.45) is 0 Å². The van der Waals surface area contributed by atoms with Crippen molar-refractivity contribution in [3.8, 4) is 17.6 Å². The fraction of sp³-hybridized carbons (Fsp3) is 0. The van der Waals surface area contributed by atoms with E-state index in [1.54, 1.807) is 18.2 Å². The summed E-state index contributed by atoms with van der Waals surface area (Å²) in [7, 11) is 0. The molecule has 2 heteroatoms. The third kappa shape index (κ3) is 2.73. The highest BCUT2D eigenvalue weighted by Gasteiger charge is 2.06. The van der Waals surface area contributed by atoms with Crippen LogP contribution in [0.4, 0.5) is 0 Å². The summed E-state index contributed by atoms with van der Waals surface area (Å²) in [6, 6.07) is 15.6. The van der Waals surface area contributed by atoms with Gasteiger partial charge in [0.25, 0.3) is 0 Å². The molecule has 82 valence electrons. The van der Waals surface area contributed by atoms with Crippen LogP contribution in [0, 0.1) is 11.8 Å². The van der Waals surface area contributed by atoms with Crippen LogP contribution >= 0.6 is 0 Å². The van der Waals surface area contributed by atoms with Crippen molar-refractivity contribution in [3.05, 3.63) is 65.7 Å². The molecule has 0 aliphatic rings. The second-order valence-corrected chi connectivity index (χ2v) is 3.46. The Morgan fingerprint density at radius 2 is 1.59 bits per heavy atom. The molecule has 1 N–H and O–H groups in total. The molecular formula is C15H10O2. The predicted molar refractivity (Wildman–Crippen MR) is 65.8 cm³/mol. The van der Waals surface area contributed by atoms with Gasteiger partial charge >= 0.3 is 0 Å². The second-order valence-electron chi connectivity index (χ2n) is 3.46. The molecule has 17 heavy (non-hydrogen) atoms. The van der Waals surface area contributed by atoms with Crippen LogP contribution in [0.2, 0.25) is 0 Å². The molecule has 0 bridgehead atoms. The normalized spacial score (nSPS) is 9.18. The minimum Gasteiger partial charge on any atom is -0.507 e. The first-order valence-electron chi connectivity index (χ1n) is 5.17. The number of benzene rings is 2. The number of carbonyl (C=O) groups is 1. The lowest BCUT2D eigenvalue weighted by Gasteiger charge is -1.96. The molecule has 0 aliphatic heterocycles. The maximum absolute atomic E-state index is 11.7. The molecule has 0 saturated carbocycles. The molecule has 0 spiro atoms. The van der Waals surface area contributed by atoms with Gasteiger partial charge in [0, 0.05) is 5.56 Å². The Kier molecular flexibility index (Phi) is 3.23. The fourth-order valence-corrected chi connectivity index (χ4v) is 1.38. The molecule has 0 heterocycles. The Bertz CT molecular complexity index is 589. The summed E-state index contributed by atoms with van der Waals surface area (Å²) in [5, 5.41) is 9.49. The highest BCUT2D eigenvalue weighted by Crippen LogP contribution is 2.15. The zero-order valence-corrected chi connectivity index (χ0v) is 9.05. The highest BCUT2D eigenvalue weighted by atomic mass is 16.3. The molecule has 0 aromatic heterocycles. The standard InChI is InChI=1S/C15H10O2/c16-14-9-5-4-8-13(14)15(17)11-10-12-6-2-1-3-7-12/h1-9,16H. The van der Waals surface area contributed by atoms with Gasteiger partial charge in [0.15, 0.2) is 0 Å². The number of carbonyl (C=O) groups excluding carboxylic acids is 1. The van der Waals surface area contributed by atoms with Gasteiger partial charge in [-0.05, 0) is 30.2 Å². The van der Waals surface area contributed by atoms with Crippen LogP contribution in [0.5, 0.6) is 5.75 Å². The number of hydrogen-bond donors (Lipinski definition) is 1. The van der Waals surface area contributed by atoms with E-state index in [0.717, 1.165) is 5.56 Å². The van der Waals surface area contributed by atoms with Gasteiger partial charge in [-0.3, -0.25) is 4.79 Å². The van der Waals surface area contributed by atoms with Crippen molar-refractivity contribution in [1.29, 1.82) is 0 Å². The molecule has 0 fully saturated rings. The van der Waals surface area contributed by atoms with Crippen LogP contribution in [0.1, 0.15) is 15.9 Å².